The van der Waals surface area contributed by atoms with E-state index in [-0.39, 0.29) is 18.4 Å². The molecule has 0 saturated heterocycles. The summed E-state index contributed by atoms with van der Waals surface area (Å²) in [5, 5.41) is 19.3. The number of rotatable bonds is 6. The molecule has 4 aromatic rings. The summed E-state index contributed by atoms with van der Waals surface area (Å²) in [6.07, 6.45) is 0. The number of nitrogens with zero attached hydrogens (tertiary/aromatic N) is 2. The molecule has 0 aliphatic rings. The number of esters is 1. The van der Waals surface area contributed by atoms with E-state index in [9.17, 15) is 9.90 Å². The molecular formula is C23H20N2O5. The predicted octanol–water partition coefficient (Wildman–Crippen LogP) is 3.93. The smallest absolute Gasteiger partial charge is 0.348 e. The third kappa shape index (κ3) is 3.62. The molecule has 0 fully saturated rings. The quantitative estimate of drug-likeness (QED) is 0.486. The molecule has 4 rings (SSSR count). The van der Waals surface area contributed by atoms with Crippen molar-refractivity contribution in [2.24, 2.45) is 0 Å². The summed E-state index contributed by atoms with van der Waals surface area (Å²) < 4.78 is 16.4. The van der Waals surface area contributed by atoms with Crippen molar-refractivity contribution in [3.63, 3.8) is 0 Å². The summed E-state index contributed by atoms with van der Waals surface area (Å²) >= 11 is 0. The Labute approximate surface area is 172 Å². The van der Waals surface area contributed by atoms with Crippen LogP contribution in [-0.4, -0.2) is 21.3 Å². The first-order valence-electron chi connectivity index (χ1n) is 9.39. The second-order valence-electron chi connectivity index (χ2n) is 6.85. The van der Waals surface area contributed by atoms with Crippen LogP contribution in [0.5, 0.6) is 0 Å². The number of aromatic nitrogens is 2. The van der Waals surface area contributed by atoms with Crippen molar-refractivity contribution in [1.82, 2.24) is 10.2 Å². The van der Waals surface area contributed by atoms with Gasteiger partial charge in [-0.3, -0.25) is 0 Å². The van der Waals surface area contributed by atoms with E-state index in [2.05, 4.69) is 10.2 Å². The van der Waals surface area contributed by atoms with Crippen LogP contribution in [0, 0.1) is 13.8 Å². The van der Waals surface area contributed by atoms with Gasteiger partial charge >= 0.3 is 5.97 Å². The van der Waals surface area contributed by atoms with Gasteiger partial charge in [-0.15, -0.1) is 10.2 Å². The van der Waals surface area contributed by atoms with Gasteiger partial charge in [-0.05, 0) is 31.0 Å². The van der Waals surface area contributed by atoms with Crippen LogP contribution in [0.15, 0.2) is 75.6 Å². The molecule has 7 nitrogen and oxygen atoms in total. The molecule has 2 aromatic heterocycles. The van der Waals surface area contributed by atoms with E-state index in [0.717, 1.165) is 5.76 Å². The average Bonchev–Trinajstić information content (AvgIpc) is 3.38. The second-order valence-corrected chi connectivity index (χ2v) is 6.85. The molecule has 1 N–H and O–H groups in total. The van der Waals surface area contributed by atoms with Crippen molar-refractivity contribution in [2.75, 3.05) is 0 Å². The number of furan rings is 1. The Morgan fingerprint density at radius 1 is 0.967 bits per heavy atom. The molecule has 0 amide bonds. The Morgan fingerprint density at radius 3 is 2.10 bits per heavy atom. The molecule has 0 bridgehead atoms. The van der Waals surface area contributed by atoms with E-state index >= 15 is 0 Å². The first-order chi connectivity index (χ1) is 14.5. The van der Waals surface area contributed by atoms with Gasteiger partial charge in [0.05, 0.1) is 5.56 Å². The summed E-state index contributed by atoms with van der Waals surface area (Å²) in [4.78, 5) is 13.0. The highest BCUT2D eigenvalue weighted by atomic mass is 16.6. The summed E-state index contributed by atoms with van der Waals surface area (Å²) in [6, 6.07) is 19.1. The van der Waals surface area contributed by atoms with Gasteiger partial charge in [-0.2, -0.15) is 0 Å². The highest BCUT2D eigenvalue weighted by Crippen LogP contribution is 2.31. The number of benzene rings is 2. The van der Waals surface area contributed by atoms with Crippen LogP contribution in [0.2, 0.25) is 0 Å². The Balaban J connectivity index is 1.56. The lowest BCUT2D eigenvalue weighted by atomic mass is 9.86. The van der Waals surface area contributed by atoms with Crippen LogP contribution >= 0.6 is 0 Å². The van der Waals surface area contributed by atoms with Gasteiger partial charge in [0.15, 0.2) is 6.61 Å². The zero-order valence-electron chi connectivity index (χ0n) is 16.5. The highest BCUT2D eigenvalue weighted by Gasteiger charge is 2.41. The van der Waals surface area contributed by atoms with Crippen molar-refractivity contribution >= 4 is 5.97 Å². The summed E-state index contributed by atoms with van der Waals surface area (Å²) in [5.41, 5.74) is -0.486. The average molecular weight is 404 g/mol. The molecule has 152 valence electrons. The summed E-state index contributed by atoms with van der Waals surface area (Å²) in [6.45, 7) is 3.35. The molecular weight excluding hydrogens is 384 g/mol. The van der Waals surface area contributed by atoms with Crippen molar-refractivity contribution in [3.05, 3.63) is 95.3 Å². The Kier molecular flexibility index (Phi) is 5.20. The van der Waals surface area contributed by atoms with Gasteiger partial charge in [0, 0.05) is 0 Å². The minimum absolute atomic E-state index is 0.111. The van der Waals surface area contributed by atoms with E-state index in [1.54, 1.807) is 73.7 Å². The minimum atomic E-state index is -1.97. The first-order valence-corrected chi connectivity index (χ1v) is 9.39. The standard InChI is InChI=1S/C23H20N2O5/c1-15-13-19(16(2)29-15)21-25-24-20(30-21)14-28-22(26)23(27,17-9-5-3-6-10-17)18-11-7-4-8-12-18/h3-13,27H,14H2,1-2H3. The Bertz CT molecular complexity index is 1110. The molecule has 0 unspecified atom stereocenters. The molecule has 0 saturated carbocycles. The second kappa shape index (κ2) is 7.96. The van der Waals surface area contributed by atoms with Crippen LogP contribution < -0.4 is 0 Å². The first kappa shape index (κ1) is 19.6. The van der Waals surface area contributed by atoms with E-state index in [1.807, 2.05) is 6.92 Å². The summed E-state index contributed by atoms with van der Waals surface area (Å²) in [7, 11) is 0. The SMILES string of the molecule is Cc1cc(-c2nnc(COC(=O)C(O)(c3ccccc3)c3ccccc3)o2)c(C)o1. The molecule has 0 spiro atoms. The third-order valence-electron chi connectivity index (χ3n) is 4.74. The van der Waals surface area contributed by atoms with Gasteiger partial charge in [0.2, 0.25) is 5.60 Å². The molecule has 0 atom stereocenters. The van der Waals surface area contributed by atoms with Crippen LogP contribution in [0.1, 0.15) is 28.5 Å². The zero-order chi connectivity index (χ0) is 21.1. The van der Waals surface area contributed by atoms with Crippen molar-refractivity contribution < 1.29 is 23.5 Å². The number of ether oxygens (including phenoxy) is 1. The number of hydrogen-bond donors (Lipinski definition) is 1. The molecule has 0 aliphatic carbocycles. The van der Waals surface area contributed by atoms with Gasteiger partial charge in [0.1, 0.15) is 11.5 Å². The minimum Gasteiger partial charge on any atom is -0.466 e. The number of carbonyl (C=O) groups is 1. The largest absolute Gasteiger partial charge is 0.466 e. The number of hydrogen-bond acceptors (Lipinski definition) is 7. The van der Waals surface area contributed by atoms with Crippen LogP contribution in [0.4, 0.5) is 0 Å². The van der Waals surface area contributed by atoms with Gasteiger partial charge < -0.3 is 18.7 Å². The topological polar surface area (TPSA) is 98.6 Å². The number of aryl methyl sites for hydroxylation is 2. The maximum Gasteiger partial charge on any atom is 0.348 e. The van der Waals surface area contributed by atoms with Crippen LogP contribution in [0.3, 0.4) is 0 Å². The zero-order valence-corrected chi connectivity index (χ0v) is 16.5. The molecule has 2 aromatic carbocycles. The van der Waals surface area contributed by atoms with Gasteiger partial charge in [-0.1, -0.05) is 60.7 Å². The summed E-state index contributed by atoms with van der Waals surface area (Å²) in [5.74, 6) is 0.929. The van der Waals surface area contributed by atoms with Crippen molar-refractivity contribution in [1.29, 1.82) is 0 Å². The fraction of sp³-hybridized carbons (Fsp3) is 0.174. The van der Waals surface area contributed by atoms with E-state index < -0.39 is 11.6 Å². The van der Waals surface area contributed by atoms with Gasteiger partial charge in [0.25, 0.3) is 11.8 Å². The van der Waals surface area contributed by atoms with Crippen molar-refractivity contribution in [3.8, 4) is 11.5 Å². The maximum absolute atomic E-state index is 13.0. The number of carbonyl (C=O) groups excluding carboxylic acids is 1. The van der Waals surface area contributed by atoms with Crippen molar-refractivity contribution in [2.45, 2.75) is 26.1 Å². The monoisotopic (exact) mass is 404 g/mol. The van der Waals surface area contributed by atoms with Crippen LogP contribution in [-0.2, 0) is 21.7 Å². The fourth-order valence-electron chi connectivity index (χ4n) is 3.26. The normalized spacial score (nSPS) is 11.4. The fourth-order valence-corrected chi connectivity index (χ4v) is 3.26. The Morgan fingerprint density at radius 2 is 1.57 bits per heavy atom. The molecule has 0 radical (unpaired) electrons. The molecule has 2 heterocycles. The molecule has 0 aliphatic heterocycles. The lowest BCUT2D eigenvalue weighted by Gasteiger charge is -2.26. The maximum atomic E-state index is 13.0. The number of aliphatic hydroxyl groups is 1. The van der Waals surface area contributed by atoms with E-state index in [1.165, 1.54) is 0 Å². The van der Waals surface area contributed by atoms with E-state index in [4.69, 9.17) is 13.6 Å². The van der Waals surface area contributed by atoms with E-state index in [0.29, 0.717) is 22.5 Å². The van der Waals surface area contributed by atoms with Crippen LogP contribution in [0.25, 0.3) is 11.5 Å². The highest BCUT2D eigenvalue weighted by molar-refractivity contribution is 5.85. The molecule has 30 heavy (non-hydrogen) atoms. The molecule has 7 heteroatoms. The van der Waals surface area contributed by atoms with Gasteiger partial charge in [-0.25, -0.2) is 4.79 Å². The Hall–Kier alpha value is -3.71. The lowest BCUT2D eigenvalue weighted by molar-refractivity contribution is -0.164. The third-order valence-corrected chi connectivity index (χ3v) is 4.74. The lowest BCUT2D eigenvalue weighted by Crippen LogP contribution is -2.38. The predicted molar refractivity (Wildman–Crippen MR) is 107 cm³/mol.